The zero-order valence-corrected chi connectivity index (χ0v) is 13.4. The highest BCUT2D eigenvalue weighted by Crippen LogP contribution is 2.21. The van der Waals surface area contributed by atoms with Gasteiger partial charge in [0.15, 0.2) is 0 Å². The third-order valence-corrected chi connectivity index (χ3v) is 5.08. The van der Waals surface area contributed by atoms with E-state index in [9.17, 15) is 8.42 Å². The van der Waals surface area contributed by atoms with Gasteiger partial charge in [0.2, 0.25) is 10.0 Å². The molecule has 0 fully saturated rings. The van der Waals surface area contributed by atoms with Crippen LogP contribution in [0.4, 0.5) is 0 Å². The minimum atomic E-state index is -3.66. The quantitative estimate of drug-likeness (QED) is 0.725. The molecule has 0 radical (unpaired) electrons. The first-order valence-electron chi connectivity index (χ1n) is 7.11. The molecule has 2 N–H and O–H groups in total. The molecule has 0 unspecified atom stereocenters. The summed E-state index contributed by atoms with van der Waals surface area (Å²) in [6.45, 7) is 0.149. The van der Waals surface area contributed by atoms with Crippen molar-refractivity contribution in [3.05, 3.63) is 60.4 Å². The normalized spacial score (nSPS) is 13.3. The van der Waals surface area contributed by atoms with E-state index in [1.807, 2.05) is 30.3 Å². The van der Waals surface area contributed by atoms with Crippen molar-refractivity contribution >= 4 is 21.1 Å². The lowest BCUT2D eigenvalue weighted by atomic mass is 10.1. The van der Waals surface area contributed by atoms with Gasteiger partial charge in [-0.05, 0) is 17.7 Å². The standard InChI is InChI=1S/C16H17N3O3S/c1-22-14(12-6-3-2-4-7-12)10-19-23(20,21)15-11-18-16-13(15)8-5-9-17-16/h2-9,11,14,19H,10H2,1H3,(H,17,18)/t14-/m1/s1. The molecule has 0 saturated heterocycles. The summed E-state index contributed by atoms with van der Waals surface area (Å²) in [5, 5.41) is 0.564. The number of H-pyrrole nitrogens is 1. The smallest absolute Gasteiger partial charge is 0.242 e. The van der Waals surface area contributed by atoms with Gasteiger partial charge in [-0.3, -0.25) is 0 Å². The van der Waals surface area contributed by atoms with Crippen molar-refractivity contribution in [1.29, 1.82) is 0 Å². The molecule has 0 saturated carbocycles. The Hall–Kier alpha value is -2.22. The summed E-state index contributed by atoms with van der Waals surface area (Å²) in [7, 11) is -2.10. The van der Waals surface area contributed by atoms with Crippen molar-refractivity contribution in [2.24, 2.45) is 0 Å². The second kappa shape index (κ2) is 6.49. The molecular formula is C16H17N3O3S. The fraction of sp³-hybridized carbons (Fsp3) is 0.188. The molecule has 0 amide bonds. The average molecular weight is 331 g/mol. The molecule has 7 heteroatoms. The Morgan fingerprint density at radius 3 is 2.74 bits per heavy atom. The molecule has 0 spiro atoms. The number of aromatic nitrogens is 2. The largest absolute Gasteiger partial charge is 0.375 e. The van der Waals surface area contributed by atoms with Crippen molar-refractivity contribution in [3.63, 3.8) is 0 Å². The zero-order chi connectivity index (χ0) is 16.3. The SMILES string of the molecule is CO[C@H](CNS(=O)(=O)c1c[nH]c2ncccc12)c1ccccc1. The number of methoxy groups -OCH3 is 1. The van der Waals surface area contributed by atoms with Crippen molar-refractivity contribution in [3.8, 4) is 0 Å². The maximum absolute atomic E-state index is 12.5. The number of hydrogen-bond donors (Lipinski definition) is 2. The van der Waals surface area contributed by atoms with Crippen LogP contribution in [0, 0.1) is 0 Å². The lowest BCUT2D eigenvalue weighted by Gasteiger charge is -2.16. The molecule has 0 aliphatic carbocycles. The topological polar surface area (TPSA) is 84.1 Å². The zero-order valence-electron chi connectivity index (χ0n) is 12.6. The molecule has 120 valence electrons. The van der Waals surface area contributed by atoms with Gasteiger partial charge in [0, 0.05) is 31.4 Å². The predicted octanol–water partition coefficient (Wildman–Crippen LogP) is 2.23. The number of hydrogen-bond acceptors (Lipinski definition) is 4. The van der Waals surface area contributed by atoms with Crippen molar-refractivity contribution in [2.45, 2.75) is 11.0 Å². The molecule has 3 aromatic rings. The van der Waals surface area contributed by atoms with Gasteiger partial charge in [0.25, 0.3) is 0 Å². The van der Waals surface area contributed by atoms with E-state index in [2.05, 4.69) is 14.7 Å². The summed E-state index contributed by atoms with van der Waals surface area (Å²) >= 11 is 0. The van der Waals surface area contributed by atoms with E-state index in [0.29, 0.717) is 11.0 Å². The van der Waals surface area contributed by atoms with Crippen LogP contribution in [-0.2, 0) is 14.8 Å². The fourth-order valence-electron chi connectivity index (χ4n) is 2.42. The molecule has 1 aromatic carbocycles. The highest BCUT2D eigenvalue weighted by atomic mass is 32.2. The number of sulfonamides is 1. The Morgan fingerprint density at radius 1 is 1.22 bits per heavy atom. The second-order valence-corrected chi connectivity index (χ2v) is 6.77. The minimum Gasteiger partial charge on any atom is -0.375 e. The van der Waals surface area contributed by atoms with Gasteiger partial charge in [-0.25, -0.2) is 18.1 Å². The number of nitrogens with one attached hydrogen (secondary N) is 2. The number of fused-ring (bicyclic) bond motifs is 1. The molecule has 23 heavy (non-hydrogen) atoms. The first kappa shape index (κ1) is 15.7. The van der Waals surface area contributed by atoms with E-state index in [1.165, 1.54) is 6.20 Å². The van der Waals surface area contributed by atoms with Crippen LogP contribution in [0.2, 0.25) is 0 Å². The Balaban J connectivity index is 1.81. The summed E-state index contributed by atoms with van der Waals surface area (Å²) in [4.78, 5) is 7.15. The minimum absolute atomic E-state index is 0.149. The Kier molecular flexibility index (Phi) is 4.42. The Bertz CT molecular complexity index is 891. The van der Waals surface area contributed by atoms with Crippen LogP contribution in [0.3, 0.4) is 0 Å². The maximum atomic E-state index is 12.5. The van der Waals surface area contributed by atoms with Crippen LogP contribution in [0.25, 0.3) is 11.0 Å². The summed E-state index contributed by atoms with van der Waals surface area (Å²) in [6.07, 6.45) is 2.71. The van der Waals surface area contributed by atoms with E-state index < -0.39 is 10.0 Å². The Morgan fingerprint density at radius 2 is 2.00 bits per heavy atom. The average Bonchev–Trinajstić information content (AvgIpc) is 3.01. The van der Waals surface area contributed by atoms with Gasteiger partial charge in [-0.2, -0.15) is 0 Å². The first-order chi connectivity index (χ1) is 11.1. The Labute approximate surface area is 134 Å². The van der Waals surface area contributed by atoms with Gasteiger partial charge in [0.1, 0.15) is 10.5 Å². The maximum Gasteiger partial charge on any atom is 0.242 e. The molecule has 0 aliphatic rings. The monoisotopic (exact) mass is 331 g/mol. The second-order valence-electron chi connectivity index (χ2n) is 5.04. The molecule has 2 aromatic heterocycles. The number of aromatic amines is 1. The van der Waals surface area contributed by atoms with Crippen LogP contribution >= 0.6 is 0 Å². The van der Waals surface area contributed by atoms with Gasteiger partial charge >= 0.3 is 0 Å². The molecule has 2 heterocycles. The van der Waals surface area contributed by atoms with E-state index in [4.69, 9.17) is 4.74 Å². The number of nitrogens with zero attached hydrogens (tertiary/aromatic N) is 1. The lowest BCUT2D eigenvalue weighted by Crippen LogP contribution is -2.29. The van der Waals surface area contributed by atoms with Crippen LogP contribution in [0.5, 0.6) is 0 Å². The van der Waals surface area contributed by atoms with Crippen molar-refractivity contribution in [2.75, 3.05) is 13.7 Å². The molecule has 3 rings (SSSR count). The van der Waals surface area contributed by atoms with Crippen LogP contribution in [0.1, 0.15) is 11.7 Å². The molecule has 0 aliphatic heterocycles. The summed E-state index contributed by atoms with van der Waals surface area (Å²) in [5.74, 6) is 0. The molecule has 1 atom stereocenters. The third kappa shape index (κ3) is 3.26. The van der Waals surface area contributed by atoms with Crippen molar-refractivity contribution in [1.82, 2.24) is 14.7 Å². The van der Waals surface area contributed by atoms with Crippen molar-refractivity contribution < 1.29 is 13.2 Å². The van der Waals surface area contributed by atoms with E-state index in [-0.39, 0.29) is 17.5 Å². The van der Waals surface area contributed by atoms with E-state index >= 15 is 0 Å². The van der Waals surface area contributed by atoms with Crippen LogP contribution in [-0.4, -0.2) is 32.0 Å². The van der Waals surface area contributed by atoms with Crippen LogP contribution < -0.4 is 4.72 Å². The molecule has 0 bridgehead atoms. The van der Waals surface area contributed by atoms with Gasteiger partial charge in [-0.15, -0.1) is 0 Å². The lowest BCUT2D eigenvalue weighted by molar-refractivity contribution is 0.107. The van der Waals surface area contributed by atoms with Gasteiger partial charge in [-0.1, -0.05) is 30.3 Å². The van der Waals surface area contributed by atoms with E-state index in [1.54, 1.807) is 25.4 Å². The highest BCUT2D eigenvalue weighted by molar-refractivity contribution is 7.89. The number of benzene rings is 1. The third-order valence-electron chi connectivity index (χ3n) is 3.62. The number of pyridine rings is 1. The number of ether oxygens (including phenoxy) is 1. The summed E-state index contributed by atoms with van der Waals surface area (Å²) in [6, 6.07) is 12.9. The number of rotatable bonds is 6. The first-order valence-corrected chi connectivity index (χ1v) is 8.59. The van der Waals surface area contributed by atoms with Gasteiger partial charge < -0.3 is 9.72 Å². The molecule has 6 nitrogen and oxygen atoms in total. The predicted molar refractivity (Wildman–Crippen MR) is 87.5 cm³/mol. The molecular weight excluding hydrogens is 314 g/mol. The summed E-state index contributed by atoms with van der Waals surface area (Å²) in [5.41, 5.74) is 1.46. The van der Waals surface area contributed by atoms with Gasteiger partial charge in [0.05, 0.1) is 6.10 Å². The summed E-state index contributed by atoms with van der Waals surface area (Å²) < 4.78 is 33.1. The van der Waals surface area contributed by atoms with Crippen LogP contribution in [0.15, 0.2) is 59.8 Å². The fourth-order valence-corrected chi connectivity index (χ4v) is 3.62. The van der Waals surface area contributed by atoms with E-state index in [0.717, 1.165) is 5.56 Å². The highest BCUT2D eigenvalue weighted by Gasteiger charge is 2.21.